The van der Waals surface area contributed by atoms with Crippen LogP contribution in [0.3, 0.4) is 0 Å². The van der Waals surface area contributed by atoms with Crippen molar-refractivity contribution in [2.45, 2.75) is 33.2 Å². The predicted molar refractivity (Wildman–Crippen MR) is 78.9 cm³/mol. The topological polar surface area (TPSA) is 66.7 Å². The maximum absolute atomic E-state index is 5.19. The molecule has 5 heteroatoms. The summed E-state index contributed by atoms with van der Waals surface area (Å²) in [6.07, 6.45) is 0.859. The lowest BCUT2D eigenvalue weighted by Gasteiger charge is -2.12. The van der Waals surface area contributed by atoms with Crippen molar-refractivity contribution in [3.63, 3.8) is 0 Å². The molecule has 0 fully saturated rings. The number of hydrogen-bond donors (Lipinski definition) is 2. The largest absolute Gasteiger partial charge is 0.361 e. The van der Waals surface area contributed by atoms with E-state index in [1.165, 1.54) is 5.56 Å². The molecule has 0 aliphatic rings. The number of H-pyrrole nitrogens is 1. The average Bonchev–Trinajstić information content (AvgIpc) is 2.96. The zero-order valence-electron chi connectivity index (χ0n) is 11.9. The molecule has 0 amide bonds. The molecule has 104 valence electrons. The van der Waals surface area contributed by atoms with E-state index in [1.807, 2.05) is 38.1 Å². The van der Waals surface area contributed by atoms with Crippen LogP contribution in [0.25, 0.3) is 11.0 Å². The second kappa shape index (κ2) is 5.00. The third-order valence-corrected chi connectivity index (χ3v) is 3.46. The number of para-hydroxylation sites is 2. The van der Waals surface area contributed by atoms with Crippen molar-refractivity contribution in [1.29, 1.82) is 0 Å². The summed E-state index contributed by atoms with van der Waals surface area (Å²) in [5.41, 5.74) is 4.14. The van der Waals surface area contributed by atoms with Gasteiger partial charge in [0.15, 0.2) is 0 Å². The van der Waals surface area contributed by atoms with Gasteiger partial charge < -0.3 is 14.8 Å². The summed E-state index contributed by atoms with van der Waals surface area (Å²) >= 11 is 0. The van der Waals surface area contributed by atoms with Crippen LogP contribution in [0.2, 0.25) is 0 Å². The Labute approximate surface area is 117 Å². The molecule has 0 radical (unpaired) electrons. The van der Waals surface area contributed by atoms with Crippen LogP contribution >= 0.6 is 0 Å². The molecule has 3 aromatic rings. The van der Waals surface area contributed by atoms with Crippen LogP contribution in [0.1, 0.15) is 23.9 Å². The Morgan fingerprint density at radius 2 is 2.10 bits per heavy atom. The highest BCUT2D eigenvalue weighted by Crippen LogP contribution is 2.17. The van der Waals surface area contributed by atoms with E-state index in [1.54, 1.807) is 0 Å². The molecule has 0 saturated heterocycles. The van der Waals surface area contributed by atoms with Crippen LogP contribution in [0, 0.1) is 13.8 Å². The molecule has 1 unspecified atom stereocenters. The molecule has 1 atom stereocenters. The SMILES string of the molecule is Cc1noc(C)c1CC(C)Nc1nc2ccccc2[nH]1. The molecule has 5 nitrogen and oxygen atoms in total. The fourth-order valence-electron chi connectivity index (χ4n) is 2.41. The van der Waals surface area contributed by atoms with Gasteiger partial charge in [0.2, 0.25) is 5.95 Å². The van der Waals surface area contributed by atoms with E-state index >= 15 is 0 Å². The van der Waals surface area contributed by atoms with Crippen LogP contribution in [0.5, 0.6) is 0 Å². The second-order valence-electron chi connectivity index (χ2n) is 5.15. The number of fused-ring (bicyclic) bond motifs is 1. The molecular formula is C15H18N4O. The van der Waals surface area contributed by atoms with E-state index in [4.69, 9.17) is 4.52 Å². The Hall–Kier alpha value is -2.30. The fourth-order valence-corrected chi connectivity index (χ4v) is 2.41. The first-order chi connectivity index (χ1) is 9.63. The number of aromatic amines is 1. The minimum atomic E-state index is 0.243. The lowest BCUT2D eigenvalue weighted by atomic mass is 10.1. The van der Waals surface area contributed by atoms with Crippen molar-refractivity contribution < 1.29 is 4.52 Å². The standard InChI is InChI=1S/C15H18N4O/c1-9(8-12-10(2)19-20-11(12)3)16-15-17-13-6-4-5-7-14(13)18-15/h4-7,9H,8H2,1-3H3,(H2,16,17,18). The highest BCUT2D eigenvalue weighted by atomic mass is 16.5. The number of benzene rings is 1. The van der Waals surface area contributed by atoms with E-state index in [0.717, 1.165) is 34.9 Å². The van der Waals surface area contributed by atoms with Gasteiger partial charge in [-0.05, 0) is 39.3 Å². The first kappa shape index (κ1) is 12.7. The van der Waals surface area contributed by atoms with Crippen molar-refractivity contribution in [3.8, 4) is 0 Å². The Kier molecular flexibility index (Phi) is 3.18. The van der Waals surface area contributed by atoms with Crippen LogP contribution in [-0.4, -0.2) is 21.2 Å². The van der Waals surface area contributed by atoms with Crippen molar-refractivity contribution >= 4 is 17.0 Å². The normalized spacial score (nSPS) is 12.8. The molecule has 0 spiro atoms. The Balaban J connectivity index is 1.74. The molecule has 2 heterocycles. The molecule has 2 aromatic heterocycles. The monoisotopic (exact) mass is 270 g/mol. The Morgan fingerprint density at radius 1 is 1.30 bits per heavy atom. The number of aryl methyl sites for hydroxylation is 2. The molecule has 2 N–H and O–H groups in total. The van der Waals surface area contributed by atoms with E-state index in [2.05, 4.69) is 27.4 Å². The number of rotatable bonds is 4. The van der Waals surface area contributed by atoms with Gasteiger partial charge in [0.05, 0.1) is 16.7 Å². The van der Waals surface area contributed by atoms with Gasteiger partial charge in [-0.3, -0.25) is 0 Å². The maximum atomic E-state index is 5.19. The maximum Gasteiger partial charge on any atom is 0.201 e. The summed E-state index contributed by atoms with van der Waals surface area (Å²) in [4.78, 5) is 7.80. The summed E-state index contributed by atoms with van der Waals surface area (Å²) < 4.78 is 5.19. The molecule has 1 aromatic carbocycles. The van der Waals surface area contributed by atoms with Crippen molar-refractivity contribution in [2.24, 2.45) is 0 Å². The molecule has 0 aliphatic carbocycles. The van der Waals surface area contributed by atoms with Crippen LogP contribution in [-0.2, 0) is 6.42 Å². The quantitative estimate of drug-likeness (QED) is 0.764. The molecule has 20 heavy (non-hydrogen) atoms. The van der Waals surface area contributed by atoms with Crippen molar-refractivity contribution in [2.75, 3.05) is 5.32 Å². The molecule has 3 rings (SSSR count). The molecular weight excluding hydrogens is 252 g/mol. The lowest BCUT2D eigenvalue weighted by molar-refractivity contribution is 0.392. The number of imidazole rings is 1. The molecule has 0 bridgehead atoms. The number of hydrogen-bond acceptors (Lipinski definition) is 4. The van der Waals surface area contributed by atoms with Gasteiger partial charge in [-0.2, -0.15) is 0 Å². The zero-order chi connectivity index (χ0) is 14.1. The van der Waals surface area contributed by atoms with Gasteiger partial charge in [0, 0.05) is 11.6 Å². The second-order valence-corrected chi connectivity index (χ2v) is 5.15. The highest BCUT2D eigenvalue weighted by molar-refractivity contribution is 5.77. The molecule has 0 saturated carbocycles. The summed E-state index contributed by atoms with van der Waals surface area (Å²) in [6, 6.07) is 8.24. The van der Waals surface area contributed by atoms with E-state index in [0.29, 0.717) is 0 Å². The molecule has 0 aliphatic heterocycles. The van der Waals surface area contributed by atoms with Gasteiger partial charge in [-0.15, -0.1) is 0 Å². The number of aromatic nitrogens is 3. The Bertz CT molecular complexity index is 676. The first-order valence-electron chi connectivity index (χ1n) is 6.76. The summed E-state index contributed by atoms with van der Waals surface area (Å²) in [5.74, 6) is 1.69. The summed E-state index contributed by atoms with van der Waals surface area (Å²) in [6.45, 7) is 6.04. The van der Waals surface area contributed by atoms with Gasteiger partial charge in [0.1, 0.15) is 5.76 Å². The third kappa shape index (κ3) is 2.39. The third-order valence-electron chi connectivity index (χ3n) is 3.46. The minimum absolute atomic E-state index is 0.243. The van der Waals surface area contributed by atoms with Gasteiger partial charge in [-0.25, -0.2) is 4.98 Å². The van der Waals surface area contributed by atoms with Crippen LogP contribution < -0.4 is 5.32 Å². The predicted octanol–water partition coefficient (Wildman–Crippen LogP) is 3.21. The zero-order valence-corrected chi connectivity index (χ0v) is 11.9. The minimum Gasteiger partial charge on any atom is -0.361 e. The number of anilines is 1. The van der Waals surface area contributed by atoms with Crippen LogP contribution in [0.4, 0.5) is 5.95 Å². The highest BCUT2D eigenvalue weighted by Gasteiger charge is 2.13. The van der Waals surface area contributed by atoms with Crippen molar-refractivity contribution in [3.05, 3.63) is 41.3 Å². The van der Waals surface area contributed by atoms with E-state index in [9.17, 15) is 0 Å². The number of nitrogens with zero attached hydrogens (tertiary/aromatic N) is 2. The fraction of sp³-hybridized carbons (Fsp3) is 0.333. The van der Waals surface area contributed by atoms with E-state index in [-0.39, 0.29) is 6.04 Å². The smallest absolute Gasteiger partial charge is 0.201 e. The van der Waals surface area contributed by atoms with Crippen LogP contribution in [0.15, 0.2) is 28.8 Å². The summed E-state index contributed by atoms with van der Waals surface area (Å²) in [7, 11) is 0. The average molecular weight is 270 g/mol. The van der Waals surface area contributed by atoms with Gasteiger partial charge in [-0.1, -0.05) is 17.3 Å². The summed E-state index contributed by atoms with van der Waals surface area (Å²) in [5, 5.41) is 7.37. The van der Waals surface area contributed by atoms with Gasteiger partial charge in [0.25, 0.3) is 0 Å². The van der Waals surface area contributed by atoms with Crippen molar-refractivity contribution in [1.82, 2.24) is 15.1 Å². The first-order valence-corrected chi connectivity index (χ1v) is 6.76. The lowest BCUT2D eigenvalue weighted by Crippen LogP contribution is -2.19. The Morgan fingerprint density at radius 3 is 2.80 bits per heavy atom. The van der Waals surface area contributed by atoms with Gasteiger partial charge >= 0.3 is 0 Å². The number of nitrogens with one attached hydrogen (secondary N) is 2. The van der Waals surface area contributed by atoms with E-state index < -0.39 is 0 Å².